The van der Waals surface area contributed by atoms with Gasteiger partial charge in [0.15, 0.2) is 6.10 Å². The number of nitrogens with one attached hydrogen (secondary N) is 1. The Morgan fingerprint density at radius 3 is 2.71 bits per heavy atom. The van der Waals surface area contributed by atoms with Crippen molar-refractivity contribution in [3.05, 3.63) is 35.9 Å². The number of amides is 1. The van der Waals surface area contributed by atoms with E-state index in [2.05, 4.69) is 5.32 Å². The summed E-state index contributed by atoms with van der Waals surface area (Å²) in [5.74, 6) is 0.352. The zero-order valence-corrected chi connectivity index (χ0v) is 8.20. The molecule has 2 rings (SSSR count). The van der Waals surface area contributed by atoms with Gasteiger partial charge in [-0.1, -0.05) is 30.3 Å². The first-order valence-corrected chi connectivity index (χ1v) is 4.93. The Morgan fingerprint density at radius 1 is 1.36 bits per heavy atom. The minimum absolute atomic E-state index is 0.133. The molecule has 1 saturated heterocycles. The van der Waals surface area contributed by atoms with Gasteiger partial charge in [-0.3, -0.25) is 0 Å². The minimum Gasteiger partial charge on any atom is -0.439 e. The van der Waals surface area contributed by atoms with Gasteiger partial charge in [-0.2, -0.15) is 0 Å². The third-order valence-electron chi connectivity index (χ3n) is 2.20. The highest BCUT2D eigenvalue weighted by atomic mass is 35.5. The van der Waals surface area contributed by atoms with Crippen LogP contribution >= 0.6 is 11.6 Å². The molecule has 1 aromatic carbocycles. The number of alkyl halides is 1. The maximum Gasteiger partial charge on any atom is 0.408 e. The van der Waals surface area contributed by atoms with Gasteiger partial charge in [-0.15, -0.1) is 11.6 Å². The van der Waals surface area contributed by atoms with Crippen LogP contribution in [0.5, 0.6) is 0 Å². The molecule has 0 spiro atoms. The topological polar surface area (TPSA) is 38.3 Å². The standard InChI is InChI=1S/C10H10ClNO2/c11-6-8-9(14-10(13)12-8)7-4-2-1-3-5-7/h1-5,8-9H,6H2,(H,12,13)/t8-,9-/m0/s1. The number of rotatable bonds is 2. The van der Waals surface area contributed by atoms with E-state index in [4.69, 9.17) is 16.3 Å². The molecule has 0 radical (unpaired) electrons. The van der Waals surface area contributed by atoms with Gasteiger partial charge in [-0.05, 0) is 5.56 Å². The van der Waals surface area contributed by atoms with E-state index in [-0.39, 0.29) is 12.1 Å². The van der Waals surface area contributed by atoms with Gasteiger partial charge in [0.25, 0.3) is 0 Å². The SMILES string of the molecule is O=C1N[C@@H](CCl)[C@H](c2ccccc2)O1. The van der Waals surface area contributed by atoms with Crippen LogP contribution < -0.4 is 5.32 Å². The lowest BCUT2D eigenvalue weighted by Gasteiger charge is -2.14. The molecule has 0 bridgehead atoms. The summed E-state index contributed by atoms with van der Waals surface area (Å²) in [5, 5.41) is 2.66. The Bertz CT molecular complexity index is 328. The predicted octanol–water partition coefficient (Wildman–Crippen LogP) is 2.07. The number of hydrogen-bond acceptors (Lipinski definition) is 2. The highest BCUT2D eigenvalue weighted by molar-refractivity contribution is 6.18. The quantitative estimate of drug-likeness (QED) is 0.761. The van der Waals surface area contributed by atoms with E-state index in [9.17, 15) is 4.79 Å². The molecular formula is C10H10ClNO2. The van der Waals surface area contributed by atoms with Gasteiger partial charge in [0, 0.05) is 5.88 Å². The van der Waals surface area contributed by atoms with E-state index in [0.717, 1.165) is 5.56 Å². The monoisotopic (exact) mass is 211 g/mol. The van der Waals surface area contributed by atoms with Crippen molar-refractivity contribution < 1.29 is 9.53 Å². The molecule has 1 amide bonds. The van der Waals surface area contributed by atoms with Crippen molar-refractivity contribution in [1.29, 1.82) is 0 Å². The van der Waals surface area contributed by atoms with Crippen LogP contribution in [0.15, 0.2) is 30.3 Å². The summed E-state index contributed by atoms with van der Waals surface area (Å²) in [4.78, 5) is 11.0. The maximum atomic E-state index is 11.0. The lowest BCUT2D eigenvalue weighted by molar-refractivity contribution is 0.134. The second-order valence-electron chi connectivity index (χ2n) is 3.14. The van der Waals surface area contributed by atoms with Crippen molar-refractivity contribution >= 4 is 17.7 Å². The second kappa shape index (κ2) is 3.88. The van der Waals surface area contributed by atoms with Crippen molar-refractivity contribution in [2.45, 2.75) is 12.1 Å². The van der Waals surface area contributed by atoms with Crippen LogP contribution in [0.2, 0.25) is 0 Å². The van der Waals surface area contributed by atoms with E-state index in [1.165, 1.54) is 0 Å². The summed E-state index contributed by atoms with van der Waals surface area (Å²) in [6.07, 6.45) is -0.661. The summed E-state index contributed by atoms with van der Waals surface area (Å²) >= 11 is 5.72. The van der Waals surface area contributed by atoms with Crippen molar-refractivity contribution in [1.82, 2.24) is 5.32 Å². The molecular weight excluding hydrogens is 202 g/mol. The number of hydrogen-bond donors (Lipinski definition) is 1. The number of benzene rings is 1. The van der Waals surface area contributed by atoms with Gasteiger partial charge < -0.3 is 10.1 Å². The molecule has 0 saturated carbocycles. The molecule has 2 atom stereocenters. The van der Waals surface area contributed by atoms with Crippen LogP contribution in [0.25, 0.3) is 0 Å². The Labute approximate surface area is 87.0 Å². The van der Waals surface area contributed by atoms with E-state index in [1.807, 2.05) is 30.3 Å². The Hall–Kier alpha value is -1.22. The zero-order valence-electron chi connectivity index (χ0n) is 7.44. The molecule has 14 heavy (non-hydrogen) atoms. The summed E-state index contributed by atoms with van der Waals surface area (Å²) in [6.45, 7) is 0. The minimum atomic E-state index is -0.399. The fraction of sp³-hybridized carbons (Fsp3) is 0.300. The maximum absolute atomic E-state index is 11.0. The van der Waals surface area contributed by atoms with Crippen LogP contribution in [0, 0.1) is 0 Å². The number of cyclic esters (lactones) is 1. The predicted molar refractivity (Wildman–Crippen MR) is 53.3 cm³/mol. The zero-order chi connectivity index (χ0) is 9.97. The molecule has 1 heterocycles. The number of halogens is 1. The summed E-state index contributed by atoms with van der Waals surface area (Å²) in [7, 11) is 0. The third kappa shape index (κ3) is 1.68. The first-order valence-electron chi connectivity index (χ1n) is 4.39. The van der Waals surface area contributed by atoms with Gasteiger partial charge in [0.2, 0.25) is 0 Å². The van der Waals surface area contributed by atoms with Crippen LogP contribution in [0.1, 0.15) is 11.7 Å². The molecule has 3 nitrogen and oxygen atoms in total. The Morgan fingerprint density at radius 2 is 2.07 bits per heavy atom. The van der Waals surface area contributed by atoms with Crippen molar-refractivity contribution in [2.24, 2.45) is 0 Å². The van der Waals surface area contributed by atoms with Crippen LogP contribution in [0.3, 0.4) is 0 Å². The van der Waals surface area contributed by atoms with Crippen LogP contribution in [-0.2, 0) is 4.74 Å². The molecule has 1 N–H and O–H groups in total. The molecule has 4 heteroatoms. The summed E-state index contributed by atoms with van der Waals surface area (Å²) < 4.78 is 5.12. The van der Waals surface area contributed by atoms with Crippen molar-refractivity contribution in [2.75, 3.05) is 5.88 Å². The second-order valence-corrected chi connectivity index (χ2v) is 3.45. The van der Waals surface area contributed by atoms with E-state index in [1.54, 1.807) is 0 Å². The van der Waals surface area contributed by atoms with Gasteiger partial charge in [0.05, 0.1) is 6.04 Å². The largest absolute Gasteiger partial charge is 0.439 e. The van der Waals surface area contributed by atoms with Crippen molar-refractivity contribution in [3.63, 3.8) is 0 Å². The normalized spacial score (nSPS) is 25.6. The molecule has 0 aromatic heterocycles. The molecule has 1 aromatic rings. The van der Waals surface area contributed by atoms with E-state index in [0.29, 0.717) is 5.88 Å². The van der Waals surface area contributed by atoms with Crippen LogP contribution in [0.4, 0.5) is 4.79 Å². The molecule has 1 aliphatic heterocycles. The third-order valence-corrected chi connectivity index (χ3v) is 2.53. The van der Waals surface area contributed by atoms with Gasteiger partial charge in [0.1, 0.15) is 0 Å². The molecule has 74 valence electrons. The Balaban J connectivity index is 2.22. The average Bonchev–Trinajstić information content (AvgIpc) is 2.61. The fourth-order valence-electron chi connectivity index (χ4n) is 1.52. The first kappa shape index (κ1) is 9.34. The number of carbonyl (C=O) groups is 1. The van der Waals surface area contributed by atoms with Gasteiger partial charge in [-0.25, -0.2) is 4.79 Å². The highest BCUT2D eigenvalue weighted by Crippen LogP contribution is 2.26. The van der Waals surface area contributed by atoms with Crippen molar-refractivity contribution in [3.8, 4) is 0 Å². The first-order chi connectivity index (χ1) is 6.81. The number of alkyl carbamates (subject to hydrolysis) is 1. The highest BCUT2D eigenvalue weighted by Gasteiger charge is 2.34. The lowest BCUT2D eigenvalue weighted by atomic mass is 10.0. The van der Waals surface area contributed by atoms with E-state index < -0.39 is 6.09 Å². The average molecular weight is 212 g/mol. The molecule has 0 aliphatic carbocycles. The Kier molecular flexibility index (Phi) is 2.59. The van der Waals surface area contributed by atoms with Crippen LogP contribution in [-0.4, -0.2) is 18.0 Å². The van der Waals surface area contributed by atoms with E-state index >= 15 is 0 Å². The molecule has 1 fully saturated rings. The summed E-state index contributed by atoms with van der Waals surface area (Å²) in [6, 6.07) is 9.45. The number of carbonyl (C=O) groups excluding carboxylic acids is 1. The summed E-state index contributed by atoms with van der Waals surface area (Å²) in [5.41, 5.74) is 0.969. The van der Waals surface area contributed by atoms with Gasteiger partial charge >= 0.3 is 6.09 Å². The number of ether oxygens (including phenoxy) is 1. The fourth-order valence-corrected chi connectivity index (χ4v) is 1.76. The lowest BCUT2D eigenvalue weighted by Crippen LogP contribution is -2.29. The molecule has 0 unspecified atom stereocenters. The smallest absolute Gasteiger partial charge is 0.408 e. The molecule has 1 aliphatic rings.